The van der Waals surface area contributed by atoms with Gasteiger partial charge in [0.15, 0.2) is 11.0 Å². The first-order valence-corrected chi connectivity index (χ1v) is 15.4. The molecule has 6 nitrogen and oxygen atoms in total. The number of fused-ring (bicyclic) bond motifs is 1. The molecule has 9 heteroatoms. The summed E-state index contributed by atoms with van der Waals surface area (Å²) in [6, 6.07) is 32.9. The highest BCUT2D eigenvalue weighted by Gasteiger charge is 2.14. The molecule has 5 rings (SSSR count). The molecule has 0 aliphatic heterocycles. The van der Waals surface area contributed by atoms with Gasteiger partial charge in [0.05, 0.1) is 28.2 Å². The summed E-state index contributed by atoms with van der Waals surface area (Å²) in [4.78, 5) is 12.9. The van der Waals surface area contributed by atoms with Crippen LogP contribution in [0.1, 0.15) is 28.7 Å². The number of benzene rings is 5. The molecular formula is C35H28ClFN2O4S. The van der Waals surface area contributed by atoms with Crippen molar-refractivity contribution in [2.75, 3.05) is 6.61 Å². The van der Waals surface area contributed by atoms with Gasteiger partial charge in [-0.2, -0.15) is 5.26 Å². The molecule has 0 spiro atoms. The normalized spacial score (nSPS) is 11.5. The number of ether oxygens (including phenoxy) is 2. The van der Waals surface area contributed by atoms with Crippen LogP contribution in [0.15, 0.2) is 108 Å². The Bertz CT molecular complexity index is 1870. The van der Waals surface area contributed by atoms with Gasteiger partial charge in [0.1, 0.15) is 23.9 Å². The molecule has 222 valence electrons. The average Bonchev–Trinajstić information content (AvgIpc) is 3.04. The van der Waals surface area contributed by atoms with Crippen LogP contribution in [0.5, 0.6) is 11.5 Å². The molecule has 1 amide bonds. The summed E-state index contributed by atoms with van der Waals surface area (Å²) in [5.74, 6) is 0.142. The monoisotopic (exact) mass is 626 g/mol. The quantitative estimate of drug-likeness (QED) is 0.155. The molecule has 0 saturated carbocycles. The van der Waals surface area contributed by atoms with Crippen LogP contribution >= 0.6 is 11.6 Å². The second-order valence-corrected chi connectivity index (χ2v) is 11.6. The maximum absolute atomic E-state index is 13.5. The summed E-state index contributed by atoms with van der Waals surface area (Å²) >= 11 is 5.79. The Morgan fingerprint density at radius 1 is 0.864 bits per heavy atom. The van der Waals surface area contributed by atoms with Crippen LogP contribution < -0.4 is 14.2 Å². The maximum atomic E-state index is 13.5. The van der Waals surface area contributed by atoms with E-state index < -0.39 is 22.7 Å². The fraction of sp³-hybridized carbons (Fsp3) is 0.143. The fourth-order valence-corrected chi connectivity index (χ4v) is 5.67. The summed E-state index contributed by atoms with van der Waals surface area (Å²) in [6.07, 6.45) is 1.08. The Kier molecular flexibility index (Phi) is 10.2. The molecule has 0 aliphatic rings. The smallest absolute Gasteiger partial charge is 0.232 e. The minimum atomic E-state index is -1.88. The van der Waals surface area contributed by atoms with E-state index in [9.17, 15) is 13.4 Å². The Labute approximate surface area is 262 Å². The lowest BCUT2D eigenvalue weighted by atomic mass is 10.0. The number of halogens is 2. The van der Waals surface area contributed by atoms with Crippen molar-refractivity contribution in [3.05, 3.63) is 136 Å². The van der Waals surface area contributed by atoms with Gasteiger partial charge in [-0.1, -0.05) is 72.3 Å². The van der Waals surface area contributed by atoms with Gasteiger partial charge in [0.25, 0.3) is 0 Å². The first kappa shape index (κ1) is 30.7. The standard InChI is InChI=1S/C35H28ClFN2O4S/c36-32-21-31(13-14-33(32)37)44(41)39-35(40)15-12-28-11-9-26(23-43-30-7-3-4-25(19-30)22-38)20-34(28)42-17-16-24-8-10-27-5-1-2-6-29(27)18-24/h1-11,13-14,18-21H,12,15-17,23H2,(H,39,40). The third-order valence-electron chi connectivity index (χ3n) is 6.90. The Morgan fingerprint density at radius 3 is 2.50 bits per heavy atom. The Morgan fingerprint density at radius 2 is 1.68 bits per heavy atom. The van der Waals surface area contributed by atoms with E-state index in [2.05, 4.69) is 41.1 Å². The van der Waals surface area contributed by atoms with Crippen molar-refractivity contribution in [1.29, 1.82) is 5.26 Å². The predicted octanol–water partition coefficient (Wildman–Crippen LogP) is 7.48. The van der Waals surface area contributed by atoms with E-state index in [0.29, 0.717) is 36.5 Å². The Balaban J connectivity index is 1.26. The summed E-state index contributed by atoms with van der Waals surface area (Å²) in [5.41, 5.74) is 3.32. The van der Waals surface area contributed by atoms with Crippen molar-refractivity contribution in [3.63, 3.8) is 0 Å². The molecular weight excluding hydrogens is 599 g/mol. The third kappa shape index (κ3) is 8.22. The van der Waals surface area contributed by atoms with Gasteiger partial charge in [-0.15, -0.1) is 0 Å². The highest BCUT2D eigenvalue weighted by atomic mass is 35.5. The first-order chi connectivity index (χ1) is 21.4. The predicted molar refractivity (Wildman–Crippen MR) is 169 cm³/mol. The zero-order chi connectivity index (χ0) is 30.9. The van der Waals surface area contributed by atoms with Crippen LogP contribution in [-0.2, 0) is 35.2 Å². The van der Waals surface area contributed by atoms with Gasteiger partial charge < -0.3 is 9.47 Å². The van der Waals surface area contributed by atoms with Crippen molar-refractivity contribution < 1.29 is 22.9 Å². The van der Waals surface area contributed by atoms with Gasteiger partial charge in [0, 0.05) is 12.8 Å². The molecule has 0 saturated heterocycles. The largest absolute Gasteiger partial charge is 0.493 e. The number of amides is 1. The number of carbonyl (C=O) groups is 1. The van der Waals surface area contributed by atoms with Gasteiger partial charge >= 0.3 is 0 Å². The van der Waals surface area contributed by atoms with Crippen LogP contribution in [0.2, 0.25) is 5.02 Å². The second-order valence-electron chi connectivity index (χ2n) is 10.0. The molecule has 0 fully saturated rings. The summed E-state index contributed by atoms with van der Waals surface area (Å²) in [6.45, 7) is 0.678. The minimum absolute atomic E-state index is 0.0541. The van der Waals surface area contributed by atoms with Crippen molar-refractivity contribution >= 4 is 39.3 Å². The topological polar surface area (TPSA) is 88.4 Å². The van der Waals surface area contributed by atoms with Crippen molar-refractivity contribution in [3.8, 4) is 17.6 Å². The van der Waals surface area contributed by atoms with E-state index in [4.69, 9.17) is 26.3 Å². The summed E-state index contributed by atoms with van der Waals surface area (Å²) < 4.78 is 40.6. The van der Waals surface area contributed by atoms with Gasteiger partial charge in [0.2, 0.25) is 5.91 Å². The lowest BCUT2D eigenvalue weighted by Crippen LogP contribution is -2.26. The van der Waals surface area contributed by atoms with Crippen molar-refractivity contribution in [2.45, 2.75) is 30.8 Å². The molecule has 5 aromatic carbocycles. The molecule has 1 N–H and O–H groups in total. The third-order valence-corrected chi connectivity index (χ3v) is 8.28. The maximum Gasteiger partial charge on any atom is 0.232 e. The molecule has 1 unspecified atom stereocenters. The average molecular weight is 627 g/mol. The van der Waals surface area contributed by atoms with Crippen LogP contribution in [0.25, 0.3) is 10.8 Å². The van der Waals surface area contributed by atoms with Gasteiger partial charge in [-0.05, 0) is 76.3 Å². The number of carbonyl (C=O) groups excluding carboxylic acids is 1. The zero-order valence-corrected chi connectivity index (χ0v) is 25.2. The van der Waals surface area contributed by atoms with Gasteiger partial charge in [-0.25, -0.2) is 8.60 Å². The molecule has 44 heavy (non-hydrogen) atoms. The molecule has 0 radical (unpaired) electrons. The van der Waals surface area contributed by atoms with Crippen LogP contribution in [0, 0.1) is 17.1 Å². The number of hydrogen-bond acceptors (Lipinski definition) is 5. The number of nitriles is 1. The molecule has 0 bridgehead atoms. The van der Waals surface area contributed by atoms with Crippen LogP contribution in [-0.4, -0.2) is 16.7 Å². The lowest BCUT2D eigenvalue weighted by molar-refractivity contribution is -0.119. The summed E-state index contributed by atoms with van der Waals surface area (Å²) in [5, 5.41) is 11.3. The van der Waals surface area contributed by atoms with E-state index in [1.165, 1.54) is 17.5 Å². The lowest BCUT2D eigenvalue weighted by Gasteiger charge is -2.15. The van der Waals surface area contributed by atoms with E-state index in [1.54, 1.807) is 24.3 Å². The molecule has 1 atom stereocenters. The SMILES string of the molecule is N#Cc1cccc(OCc2ccc(CCC(=O)NS(=O)c3ccc(F)c(Cl)c3)c(OCCc3ccc4ccccc4c3)c2)c1. The second kappa shape index (κ2) is 14.6. The van der Waals surface area contributed by atoms with E-state index in [1.807, 2.05) is 30.3 Å². The van der Waals surface area contributed by atoms with Gasteiger partial charge in [-0.3, -0.25) is 9.52 Å². The number of hydrogen-bond donors (Lipinski definition) is 1. The highest BCUT2D eigenvalue weighted by molar-refractivity contribution is 7.83. The van der Waals surface area contributed by atoms with Crippen LogP contribution in [0.4, 0.5) is 4.39 Å². The fourth-order valence-electron chi connectivity index (χ4n) is 4.58. The highest BCUT2D eigenvalue weighted by Crippen LogP contribution is 2.25. The molecule has 0 aromatic heterocycles. The number of rotatable bonds is 12. The number of nitrogens with one attached hydrogen (secondary N) is 1. The number of aryl methyl sites for hydroxylation is 1. The minimum Gasteiger partial charge on any atom is -0.493 e. The molecule has 5 aromatic rings. The van der Waals surface area contributed by atoms with E-state index >= 15 is 0 Å². The number of nitrogens with zero attached hydrogens (tertiary/aromatic N) is 1. The zero-order valence-electron chi connectivity index (χ0n) is 23.6. The first-order valence-electron chi connectivity index (χ1n) is 13.9. The van der Waals surface area contributed by atoms with Crippen molar-refractivity contribution in [2.24, 2.45) is 0 Å². The van der Waals surface area contributed by atoms with E-state index in [0.717, 1.165) is 28.1 Å². The van der Waals surface area contributed by atoms with Crippen LogP contribution in [0.3, 0.4) is 0 Å². The summed E-state index contributed by atoms with van der Waals surface area (Å²) in [7, 11) is -1.88. The van der Waals surface area contributed by atoms with Crippen molar-refractivity contribution in [1.82, 2.24) is 4.72 Å². The molecule has 0 heterocycles. The molecule has 0 aliphatic carbocycles. The Hall–Kier alpha value is -4.71. The van der Waals surface area contributed by atoms with E-state index in [-0.39, 0.29) is 22.9 Å².